The molecule has 3 rings (SSSR count). The number of carbonyl (C=O) groups excluding carboxylic acids is 2. The van der Waals surface area contributed by atoms with E-state index in [1.165, 1.54) is 12.1 Å². The predicted molar refractivity (Wildman–Crippen MR) is 97.6 cm³/mol. The number of aromatic nitrogens is 1. The lowest BCUT2D eigenvalue weighted by atomic mass is 10.1. The average molecular weight is 373 g/mol. The number of rotatable bonds is 7. The van der Waals surface area contributed by atoms with E-state index in [0.717, 1.165) is 12.0 Å². The number of halogens is 1. The number of likely N-dealkylation sites (tertiary alicyclic amines) is 1. The maximum atomic E-state index is 12.9. The molecular weight excluding hydrogens is 349 g/mol. The number of hydrogen-bond donors (Lipinski definition) is 1. The maximum absolute atomic E-state index is 12.9. The van der Waals surface area contributed by atoms with E-state index in [2.05, 4.69) is 24.3 Å². The largest absolute Gasteiger partial charge is 0.361 e. The summed E-state index contributed by atoms with van der Waals surface area (Å²) in [6.07, 6.45) is 1.64. The number of hydrogen-bond acceptors (Lipinski definition) is 4. The van der Waals surface area contributed by atoms with Gasteiger partial charge in [0.05, 0.1) is 6.04 Å². The quantitative estimate of drug-likeness (QED) is 0.809. The molecule has 0 aliphatic carbocycles. The Hall–Kier alpha value is -2.70. The van der Waals surface area contributed by atoms with Gasteiger partial charge in [-0.15, -0.1) is 0 Å². The van der Waals surface area contributed by atoms with Crippen molar-refractivity contribution in [2.24, 2.45) is 5.92 Å². The van der Waals surface area contributed by atoms with Crippen LogP contribution >= 0.6 is 0 Å². The van der Waals surface area contributed by atoms with Crippen LogP contribution in [0, 0.1) is 11.7 Å². The summed E-state index contributed by atoms with van der Waals surface area (Å²) in [5.41, 5.74) is 1.21. The molecule has 1 aromatic heterocycles. The summed E-state index contributed by atoms with van der Waals surface area (Å²) in [6.45, 7) is 5.13. The van der Waals surface area contributed by atoms with E-state index >= 15 is 0 Å². The molecule has 1 aromatic carbocycles. The molecule has 7 heteroatoms. The highest BCUT2D eigenvalue weighted by Gasteiger charge is 2.31. The molecule has 1 saturated heterocycles. The summed E-state index contributed by atoms with van der Waals surface area (Å²) < 4.78 is 18.1. The molecule has 0 saturated carbocycles. The van der Waals surface area contributed by atoms with Crippen LogP contribution in [0.2, 0.25) is 0 Å². The lowest BCUT2D eigenvalue weighted by molar-refractivity contribution is -0.127. The fourth-order valence-electron chi connectivity index (χ4n) is 3.18. The van der Waals surface area contributed by atoms with Crippen molar-refractivity contribution < 1.29 is 18.5 Å². The molecule has 1 aliphatic rings. The summed E-state index contributed by atoms with van der Waals surface area (Å²) >= 11 is 0. The van der Waals surface area contributed by atoms with Crippen molar-refractivity contribution in [3.05, 3.63) is 53.2 Å². The van der Waals surface area contributed by atoms with E-state index in [9.17, 15) is 14.0 Å². The van der Waals surface area contributed by atoms with Crippen molar-refractivity contribution in [3.63, 3.8) is 0 Å². The van der Waals surface area contributed by atoms with Crippen LogP contribution < -0.4 is 5.32 Å². The molecule has 1 fully saturated rings. The van der Waals surface area contributed by atoms with Gasteiger partial charge in [0, 0.05) is 32.0 Å². The highest BCUT2D eigenvalue weighted by atomic mass is 19.1. The van der Waals surface area contributed by atoms with Crippen LogP contribution in [-0.4, -0.2) is 41.0 Å². The van der Waals surface area contributed by atoms with Crippen molar-refractivity contribution in [1.29, 1.82) is 0 Å². The topological polar surface area (TPSA) is 75.4 Å². The third kappa shape index (κ3) is 5.15. The van der Waals surface area contributed by atoms with Crippen molar-refractivity contribution in [1.82, 2.24) is 15.4 Å². The van der Waals surface area contributed by atoms with Gasteiger partial charge < -0.3 is 14.7 Å². The molecular formula is C20H24FN3O3. The molecule has 2 heterocycles. The summed E-state index contributed by atoms with van der Waals surface area (Å²) in [7, 11) is 0. The summed E-state index contributed by atoms with van der Waals surface area (Å²) in [5.74, 6) is 0.493. The van der Waals surface area contributed by atoms with Crippen molar-refractivity contribution >= 4 is 11.8 Å². The molecule has 1 N–H and O–H groups in total. The van der Waals surface area contributed by atoms with Crippen LogP contribution in [0.4, 0.5) is 4.39 Å². The monoisotopic (exact) mass is 373 g/mol. The Morgan fingerprint density at radius 1 is 1.37 bits per heavy atom. The standard InChI is InChI=1S/C20H24FN3O3/c1-13(2)9-17-11-18(23-27-17)20(26)22-16-10-19(25)24(12-16)8-7-14-3-5-15(21)6-4-14/h3-6,11,13,16H,7-10,12H2,1-2H3,(H,22,26)/t16-/m1/s1. The van der Waals surface area contributed by atoms with Gasteiger partial charge in [-0.25, -0.2) is 4.39 Å². The van der Waals surface area contributed by atoms with Gasteiger partial charge in [0.15, 0.2) is 5.69 Å². The fourth-order valence-corrected chi connectivity index (χ4v) is 3.18. The number of amides is 2. The molecule has 0 unspecified atom stereocenters. The second kappa shape index (κ2) is 8.33. The highest BCUT2D eigenvalue weighted by molar-refractivity contribution is 5.93. The van der Waals surface area contributed by atoms with Crippen LogP contribution in [0.15, 0.2) is 34.9 Å². The molecule has 2 amide bonds. The normalized spacial score (nSPS) is 17.0. The van der Waals surface area contributed by atoms with Crippen LogP contribution in [-0.2, 0) is 17.6 Å². The minimum atomic E-state index is -0.327. The Kier molecular flexibility index (Phi) is 5.88. The van der Waals surface area contributed by atoms with E-state index in [4.69, 9.17) is 4.52 Å². The molecule has 144 valence electrons. The van der Waals surface area contributed by atoms with Gasteiger partial charge >= 0.3 is 0 Å². The highest BCUT2D eigenvalue weighted by Crippen LogP contribution is 2.15. The molecule has 0 bridgehead atoms. The number of nitrogens with one attached hydrogen (secondary N) is 1. The van der Waals surface area contributed by atoms with Gasteiger partial charge in [-0.1, -0.05) is 31.1 Å². The molecule has 6 nitrogen and oxygen atoms in total. The van der Waals surface area contributed by atoms with Gasteiger partial charge in [-0.05, 0) is 30.0 Å². The van der Waals surface area contributed by atoms with E-state index in [0.29, 0.717) is 31.2 Å². The van der Waals surface area contributed by atoms with Gasteiger partial charge in [0.1, 0.15) is 11.6 Å². The zero-order valence-electron chi connectivity index (χ0n) is 15.6. The van der Waals surface area contributed by atoms with Crippen LogP contribution in [0.1, 0.15) is 42.1 Å². The van der Waals surface area contributed by atoms with Crippen molar-refractivity contribution in [2.75, 3.05) is 13.1 Å². The van der Waals surface area contributed by atoms with E-state index in [-0.39, 0.29) is 35.8 Å². The van der Waals surface area contributed by atoms with Gasteiger partial charge in [-0.3, -0.25) is 9.59 Å². The first-order valence-electron chi connectivity index (χ1n) is 9.19. The summed E-state index contributed by atoms with van der Waals surface area (Å²) in [6, 6.07) is 7.66. The third-order valence-corrected chi connectivity index (χ3v) is 4.53. The lowest BCUT2D eigenvalue weighted by Gasteiger charge is -2.17. The van der Waals surface area contributed by atoms with Gasteiger partial charge in [-0.2, -0.15) is 0 Å². The maximum Gasteiger partial charge on any atom is 0.273 e. The second-order valence-corrected chi connectivity index (χ2v) is 7.37. The van der Waals surface area contributed by atoms with Crippen LogP contribution in [0.25, 0.3) is 0 Å². The van der Waals surface area contributed by atoms with Gasteiger partial charge in [0.2, 0.25) is 5.91 Å². The smallest absolute Gasteiger partial charge is 0.273 e. The first kappa shape index (κ1) is 19.1. The summed E-state index contributed by atoms with van der Waals surface area (Å²) in [5, 5.41) is 6.67. The minimum Gasteiger partial charge on any atom is -0.361 e. The minimum absolute atomic E-state index is 0.00283. The predicted octanol–water partition coefficient (Wildman–Crippen LogP) is 2.59. The molecule has 1 aliphatic heterocycles. The molecule has 27 heavy (non-hydrogen) atoms. The molecule has 0 spiro atoms. The van der Waals surface area contributed by atoms with Crippen LogP contribution in [0.5, 0.6) is 0 Å². The lowest BCUT2D eigenvalue weighted by Crippen LogP contribution is -2.37. The Bertz CT molecular complexity index is 801. The van der Waals surface area contributed by atoms with Crippen molar-refractivity contribution in [3.8, 4) is 0 Å². The molecule has 2 aromatic rings. The zero-order chi connectivity index (χ0) is 19.4. The summed E-state index contributed by atoms with van der Waals surface area (Å²) in [4.78, 5) is 26.2. The Balaban J connectivity index is 1.50. The zero-order valence-corrected chi connectivity index (χ0v) is 15.6. The first-order chi connectivity index (χ1) is 12.9. The Labute approximate surface area is 157 Å². The molecule has 1 atom stereocenters. The Morgan fingerprint density at radius 3 is 2.81 bits per heavy atom. The first-order valence-corrected chi connectivity index (χ1v) is 9.19. The average Bonchev–Trinajstić information content (AvgIpc) is 3.20. The van der Waals surface area contributed by atoms with Crippen molar-refractivity contribution in [2.45, 2.75) is 39.2 Å². The van der Waals surface area contributed by atoms with E-state index < -0.39 is 0 Å². The number of benzene rings is 1. The van der Waals surface area contributed by atoms with Gasteiger partial charge in [0.25, 0.3) is 5.91 Å². The van der Waals surface area contributed by atoms with E-state index in [1.807, 2.05) is 0 Å². The fraction of sp³-hybridized carbons (Fsp3) is 0.450. The number of carbonyl (C=O) groups is 2. The Morgan fingerprint density at radius 2 is 2.11 bits per heavy atom. The second-order valence-electron chi connectivity index (χ2n) is 7.37. The SMILES string of the molecule is CC(C)Cc1cc(C(=O)N[C@@H]2CC(=O)N(CCc3ccc(F)cc3)C2)no1. The number of nitrogens with zero attached hydrogens (tertiary/aromatic N) is 2. The molecule has 0 radical (unpaired) electrons. The van der Waals surface area contributed by atoms with Crippen LogP contribution in [0.3, 0.4) is 0 Å². The third-order valence-electron chi connectivity index (χ3n) is 4.53. The van der Waals surface area contributed by atoms with E-state index in [1.54, 1.807) is 23.1 Å².